The molecule has 0 atom stereocenters. The minimum absolute atomic E-state index is 0.0390. The van der Waals surface area contributed by atoms with E-state index in [1.165, 1.54) is 45.2 Å². The molecule has 8 N–H and O–H groups in total. The van der Waals surface area contributed by atoms with Crippen LogP contribution in [-0.4, -0.2) is 84.9 Å². The molecule has 4 amide bonds. The molecule has 4 heterocycles. The third-order valence-electron chi connectivity index (χ3n) is 11.0. The van der Waals surface area contributed by atoms with E-state index in [-0.39, 0.29) is 92.8 Å². The summed E-state index contributed by atoms with van der Waals surface area (Å²) in [7, 11) is 0. The maximum absolute atomic E-state index is 13.5. The average molecular weight is 1020 g/mol. The van der Waals surface area contributed by atoms with Gasteiger partial charge in [0.05, 0.1) is 11.1 Å². The molecule has 4 aromatic heterocycles. The Kier molecular flexibility index (Phi) is 15.4. The van der Waals surface area contributed by atoms with Gasteiger partial charge in [-0.2, -0.15) is 0 Å². The van der Waals surface area contributed by atoms with E-state index in [9.17, 15) is 42.7 Å². The number of carbonyl (C=O) groups excluding carboxylic acids is 4. The van der Waals surface area contributed by atoms with Crippen molar-refractivity contribution in [3.8, 4) is 0 Å². The summed E-state index contributed by atoms with van der Waals surface area (Å²) < 4.78 is 29.9. The van der Waals surface area contributed by atoms with Gasteiger partial charge in [0.2, 0.25) is 9.54 Å². The molecule has 0 bridgehead atoms. The second kappa shape index (κ2) is 21.8. The zero-order valence-electron chi connectivity index (χ0n) is 38.5. The summed E-state index contributed by atoms with van der Waals surface area (Å²) in [6.07, 6.45) is 0. The lowest BCUT2D eigenvalue weighted by Crippen LogP contribution is -2.28. The lowest BCUT2D eigenvalue weighted by atomic mass is 10.1. The van der Waals surface area contributed by atoms with E-state index in [0.29, 0.717) is 44.5 Å². The van der Waals surface area contributed by atoms with Gasteiger partial charge in [-0.3, -0.25) is 19.2 Å². The van der Waals surface area contributed by atoms with E-state index < -0.39 is 35.6 Å². The van der Waals surface area contributed by atoms with Crippen LogP contribution in [0.1, 0.15) is 107 Å². The van der Waals surface area contributed by atoms with Crippen LogP contribution < -0.4 is 21.3 Å². The molecular weight excluding hydrogens is 975 g/mol. The van der Waals surface area contributed by atoms with Gasteiger partial charge in [0, 0.05) is 26.2 Å². The molecule has 0 saturated carbocycles. The van der Waals surface area contributed by atoms with Gasteiger partial charge in [0.15, 0.2) is 0 Å². The van der Waals surface area contributed by atoms with E-state index in [1.807, 2.05) is 0 Å². The third kappa shape index (κ3) is 11.7. The highest BCUT2D eigenvalue weighted by molar-refractivity contribution is 7.71. The number of carbonyl (C=O) groups is 6. The molecule has 20 nitrogen and oxygen atoms in total. The Morgan fingerprint density at radius 1 is 0.500 bits per heavy atom. The van der Waals surface area contributed by atoms with E-state index in [1.54, 1.807) is 76.2 Å². The summed E-state index contributed by atoms with van der Waals surface area (Å²) in [5.74, 6) is -4.84. The van der Waals surface area contributed by atoms with Crippen molar-refractivity contribution in [2.24, 2.45) is 0 Å². The molecule has 72 heavy (non-hydrogen) atoms. The van der Waals surface area contributed by atoms with Gasteiger partial charge in [-0.15, -0.1) is 10.2 Å². The third-order valence-corrected chi connectivity index (χ3v) is 11.6. The fourth-order valence-electron chi connectivity index (χ4n) is 7.27. The van der Waals surface area contributed by atoms with Gasteiger partial charge >= 0.3 is 11.9 Å². The van der Waals surface area contributed by atoms with Crippen LogP contribution in [-0.2, 0) is 26.2 Å². The normalized spacial score (nSPS) is 10.9. The summed E-state index contributed by atoms with van der Waals surface area (Å²) in [4.78, 5) is 82.5. The smallest absolute Gasteiger partial charge is 0.335 e. The Bertz CT molecular complexity index is 3630. The number of nitrogens with zero attached hydrogens (tertiary/aromatic N) is 6. The standard InChI is InChI=1S/2C24H21FN6O4S/c1-12-7-14(3-5-16(12)22(34)35)11-27-21(33)19-9-18(28-23-29-30-24(36)31(19)23)20(32)26-10-15-4-6-17(25)13(2)8-15;1-12-7-14(3-5-16(12)22(34)35)10-26-20(32)18-9-19(31-23(28-18)29-30-24(31)36)21(33)27-11-15-4-6-17(25)13(2)8-15/h2*3-9H,10-11H2,1-2H3,(H,26,32)(H,27,33)(H,30,36)(H,34,35). The van der Waals surface area contributed by atoms with E-state index >= 15 is 0 Å². The number of fused-ring (bicyclic) bond motifs is 2. The fraction of sp³-hybridized carbons (Fsp3) is 0.167. The number of aromatic amines is 2. The highest BCUT2D eigenvalue weighted by Gasteiger charge is 2.21. The number of hydrogen-bond acceptors (Lipinski definition) is 12. The van der Waals surface area contributed by atoms with Gasteiger partial charge in [0.25, 0.3) is 35.2 Å². The van der Waals surface area contributed by atoms with Crippen molar-refractivity contribution in [3.05, 3.63) is 185 Å². The molecule has 0 saturated heterocycles. The number of H-pyrrole nitrogens is 2. The zero-order valence-corrected chi connectivity index (χ0v) is 40.1. The van der Waals surface area contributed by atoms with Crippen molar-refractivity contribution in [2.75, 3.05) is 0 Å². The highest BCUT2D eigenvalue weighted by atomic mass is 32.1. The van der Waals surface area contributed by atoms with Crippen LogP contribution in [0.3, 0.4) is 0 Å². The molecule has 368 valence electrons. The van der Waals surface area contributed by atoms with E-state index in [4.69, 9.17) is 29.5 Å². The number of hydrogen-bond donors (Lipinski definition) is 8. The molecule has 24 heteroatoms. The second-order valence-corrected chi connectivity index (χ2v) is 17.0. The van der Waals surface area contributed by atoms with Crippen LogP contribution in [0.5, 0.6) is 0 Å². The second-order valence-electron chi connectivity index (χ2n) is 16.2. The Morgan fingerprint density at radius 2 is 0.819 bits per heavy atom. The van der Waals surface area contributed by atoms with Crippen molar-refractivity contribution < 1.29 is 47.8 Å². The summed E-state index contributed by atoms with van der Waals surface area (Å²) in [5.41, 5.74) is 5.17. The first-order valence-electron chi connectivity index (χ1n) is 21.5. The minimum Gasteiger partial charge on any atom is -0.478 e. The van der Waals surface area contributed by atoms with E-state index in [2.05, 4.69) is 51.6 Å². The first-order valence-corrected chi connectivity index (χ1v) is 22.3. The molecule has 0 unspecified atom stereocenters. The monoisotopic (exact) mass is 1020 g/mol. The van der Waals surface area contributed by atoms with Crippen LogP contribution in [0.15, 0.2) is 84.9 Å². The van der Waals surface area contributed by atoms with Crippen LogP contribution in [0, 0.1) is 48.9 Å². The molecule has 0 radical (unpaired) electrons. The molecule has 0 fully saturated rings. The molecule has 8 aromatic rings. The molecule has 8 rings (SSSR count). The van der Waals surface area contributed by atoms with Crippen molar-refractivity contribution >= 4 is 71.6 Å². The SMILES string of the molecule is Cc1cc(CNC(=O)c2cc(C(=O)NCc3ccc(C(=O)O)c(C)c3)n3c(=S)[nH]nc3n2)ccc1F.Cc1cc(CNC(=O)c2cc(C(=O)NCc3ccc(C(=O)O)c(C)c3)nc3n[nH]c(=S)n23)ccc1F. The molecule has 0 spiro atoms. The predicted octanol–water partition coefficient (Wildman–Crippen LogP) is 6.20. The number of carboxylic acids is 2. The number of nitrogens with one attached hydrogen (secondary N) is 6. The molecular formula is C48H42F2N12O8S2. The molecule has 0 aliphatic carbocycles. The number of aromatic nitrogens is 8. The van der Waals surface area contributed by atoms with Crippen LogP contribution in [0.25, 0.3) is 11.6 Å². The first kappa shape index (κ1) is 51.0. The summed E-state index contributed by atoms with van der Waals surface area (Å²) in [6, 6.07) is 21.2. The number of aryl methyl sites for hydroxylation is 4. The van der Waals surface area contributed by atoms with Crippen LogP contribution in [0.4, 0.5) is 8.78 Å². The maximum atomic E-state index is 13.5. The lowest BCUT2D eigenvalue weighted by molar-refractivity contribution is 0.0685. The van der Waals surface area contributed by atoms with Gasteiger partial charge in [-0.1, -0.05) is 48.5 Å². The zero-order chi connectivity index (χ0) is 52.0. The Hall–Kier alpha value is -8.90. The van der Waals surface area contributed by atoms with Crippen molar-refractivity contribution in [3.63, 3.8) is 0 Å². The largest absolute Gasteiger partial charge is 0.478 e. The lowest BCUT2D eigenvalue weighted by Gasteiger charge is -2.11. The Morgan fingerprint density at radius 3 is 1.14 bits per heavy atom. The quantitative estimate of drug-likeness (QED) is 0.0563. The topological polar surface area (TPSA) is 283 Å². The number of carboxylic acid groups (broad SMARTS) is 2. The summed E-state index contributed by atoms with van der Waals surface area (Å²) in [6.45, 7) is 7.09. The average Bonchev–Trinajstić information content (AvgIpc) is 3.93. The van der Waals surface area contributed by atoms with E-state index in [0.717, 1.165) is 0 Å². The minimum atomic E-state index is -1.03. The first-order chi connectivity index (χ1) is 34.3. The van der Waals surface area contributed by atoms with Gasteiger partial charge < -0.3 is 31.5 Å². The number of aromatic carboxylic acids is 2. The Labute approximate surface area is 416 Å². The highest BCUT2D eigenvalue weighted by Crippen LogP contribution is 2.16. The number of rotatable bonds is 14. The fourth-order valence-corrected chi connectivity index (χ4v) is 7.72. The van der Waals surface area contributed by atoms with Gasteiger partial charge in [-0.05, 0) is 133 Å². The maximum Gasteiger partial charge on any atom is 0.335 e. The predicted molar refractivity (Wildman–Crippen MR) is 260 cm³/mol. The van der Waals surface area contributed by atoms with Crippen LogP contribution >= 0.6 is 24.4 Å². The van der Waals surface area contributed by atoms with Crippen molar-refractivity contribution in [1.29, 1.82) is 0 Å². The summed E-state index contributed by atoms with van der Waals surface area (Å²) in [5, 5.41) is 42.3. The van der Waals surface area contributed by atoms with Crippen LogP contribution in [0.2, 0.25) is 0 Å². The molecule has 0 aliphatic rings. The van der Waals surface area contributed by atoms with Crippen molar-refractivity contribution in [1.82, 2.24) is 60.4 Å². The van der Waals surface area contributed by atoms with Gasteiger partial charge in [-0.25, -0.2) is 47.3 Å². The van der Waals surface area contributed by atoms with Crippen molar-refractivity contribution in [2.45, 2.75) is 53.9 Å². The number of halogens is 2. The Balaban J connectivity index is 0.000000211. The molecule has 4 aromatic carbocycles. The summed E-state index contributed by atoms with van der Waals surface area (Å²) >= 11 is 10.4. The van der Waals surface area contributed by atoms with Gasteiger partial charge in [0.1, 0.15) is 34.4 Å². The molecule has 0 aliphatic heterocycles. The number of amides is 4. The number of benzene rings is 4.